The summed E-state index contributed by atoms with van der Waals surface area (Å²) < 4.78 is 5.37. The maximum Gasteiger partial charge on any atom is 0.312 e. The van der Waals surface area contributed by atoms with E-state index in [-0.39, 0.29) is 6.54 Å². The van der Waals surface area contributed by atoms with Gasteiger partial charge in [0.1, 0.15) is 6.61 Å². The van der Waals surface area contributed by atoms with Crippen LogP contribution in [0.15, 0.2) is 29.3 Å². The van der Waals surface area contributed by atoms with Gasteiger partial charge in [0, 0.05) is 12.1 Å². The van der Waals surface area contributed by atoms with Gasteiger partial charge in [0.2, 0.25) is 5.90 Å². The van der Waals surface area contributed by atoms with E-state index in [4.69, 9.17) is 15.6 Å². The number of ether oxygens (including phenoxy) is 1. The van der Waals surface area contributed by atoms with E-state index in [0.717, 1.165) is 5.56 Å². The van der Waals surface area contributed by atoms with Crippen LogP contribution in [-0.4, -0.2) is 36.7 Å². The van der Waals surface area contributed by atoms with Gasteiger partial charge in [0.15, 0.2) is 0 Å². The highest BCUT2D eigenvalue weighted by molar-refractivity contribution is 5.98. The molecule has 0 radical (unpaired) electrons. The van der Waals surface area contributed by atoms with Crippen LogP contribution in [0.4, 0.5) is 0 Å². The highest BCUT2D eigenvalue weighted by Gasteiger charge is 2.24. The summed E-state index contributed by atoms with van der Waals surface area (Å²) in [7, 11) is 0. The van der Waals surface area contributed by atoms with E-state index in [1.807, 2.05) is 12.1 Å². The molecule has 0 spiro atoms. The Morgan fingerprint density at radius 3 is 2.88 bits per heavy atom. The lowest BCUT2D eigenvalue weighted by molar-refractivity contribution is -0.138. The molecule has 0 saturated carbocycles. The van der Waals surface area contributed by atoms with Gasteiger partial charge in [0.05, 0.1) is 12.5 Å². The lowest BCUT2D eigenvalue weighted by Crippen LogP contribution is -2.23. The Morgan fingerprint density at radius 2 is 2.29 bits per heavy atom. The smallest absolute Gasteiger partial charge is 0.312 e. The maximum atomic E-state index is 11.1. The molecule has 0 aromatic heterocycles. The van der Waals surface area contributed by atoms with Gasteiger partial charge in [-0.3, -0.25) is 4.79 Å². The molecule has 0 amide bonds. The van der Waals surface area contributed by atoms with E-state index < -0.39 is 11.9 Å². The minimum atomic E-state index is -0.932. The van der Waals surface area contributed by atoms with Crippen molar-refractivity contribution in [1.29, 1.82) is 0 Å². The van der Waals surface area contributed by atoms with Crippen molar-refractivity contribution in [3.8, 4) is 0 Å². The Kier molecular flexibility index (Phi) is 3.39. The number of nitrogens with zero attached hydrogens (tertiary/aromatic N) is 1. The zero-order valence-electron chi connectivity index (χ0n) is 9.30. The standard InChI is InChI=1S/C12H14N2O3/c13-7-10(12(15)16)8-3-1-2-4-9(8)11-14-5-6-17-11/h1-4,10H,5-7,13H2,(H,15,16). The summed E-state index contributed by atoms with van der Waals surface area (Å²) in [6.07, 6.45) is 0. The fraction of sp³-hybridized carbons (Fsp3) is 0.333. The minimum absolute atomic E-state index is 0.0552. The Labute approximate surface area is 98.9 Å². The highest BCUT2D eigenvalue weighted by Crippen LogP contribution is 2.22. The third-order valence-electron chi connectivity index (χ3n) is 2.69. The van der Waals surface area contributed by atoms with E-state index in [1.54, 1.807) is 12.1 Å². The molecule has 1 aliphatic heterocycles. The summed E-state index contributed by atoms with van der Waals surface area (Å²) >= 11 is 0. The number of nitrogens with two attached hydrogens (primary N) is 1. The van der Waals surface area contributed by atoms with Crippen LogP contribution in [0, 0.1) is 0 Å². The molecule has 2 rings (SSSR count). The number of aliphatic carboxylic acids is 1. The molecule has 1 aromatic carbocycles. The van der Waals surface area contributed by atoms with Crippen LogP contribution in [0.1, 0.15) is 17.0 Å². The Morgan fingerprint density at radius 1 is 1.53 bits per heavy atom. The second-order valence-corrected chi connectivity index (χ2v) is 3.75. The first-order valence-corrected chi connectivity index (χ1v) is 5.43. The van der Waals surface area contributed by atoms with Gasteiger partial charge in [-0.15, -0.1) is 0 Å². The van der Waals surface area contributed by atoms with Gasteiger partial charge >= 0.3 is 5.97 Å². The van der Waals surface area contributed by atoms with Crippen molar-refractivity contribution in [3.63, 3.8) is 0 Å². The van der Waals surface area contributed by atoms with Crippen LogP contribution in [0.2, 0.25) is 0 Å². The molecule has 17 heavy (non-hydrogen) atoms. The summed E-state index contributed by atoms with van der Waals surface area (Å²) in [6, 6.07) is 7.19. The van der Waals surface area contributed by atoms with Crippen molar-refractivity contribution in [3.05, 3.63) is 35.4 Å². The van der Waals surface area contributed by atoms with E-state index >= 15 is 0 Å². The fourth-order valence-corrected chi connectivity index (χ4v) is 1.85. The second kappa shape index (κ2) is 4.97. The molecule has 90 valence electrons. The first-order chi connectivity index (χ1) is 8.24. The van der Waals surface area contributed by atoms with Crippen molar-refractivity contribution >= 4 is 11.9 Å². The first kappa shape index (κ1) is 11.6. The number of aliphatic imine (C=N–C) groups is 1. The normalized spacial score (nSPS) is 16.2. The van der Waals surface area contributed by atoms with Gasteiger partial charge in [-0.2, -0.15) is 0 Å². The molecule has 0 fully saturated rings. The monoisotopic (exact) mass is 234 g/mol. The van der Waals surface area contributed by atoms with Crippen molar-refractivity contribution in [2.24, 2.45) is 10.7 Å². The van der Waals surface area contributed by atoms with Crippen LogP contribution in [0.3, 0.4) is 0 Å². The van der Waals surface area contributed by atoms with Crippen molar-refractivity contribution in [2.75, 3.05) is 19.7 Å². The molecule has 1 atom stereocenters. The van der Waals surface area contributed by atoms with Crippen LogP contribution in [-0.2, 0) is 9.53 Å². The topological polar surface area (TPSA) is 84.9 Å². The number of rotatable bonds is 4. The van der Waals surface area contributed by atoms with Crippen molar-refractivity contribution in [2.45, 2.75) is 5.92 Å². The SMILES string of the molecule is NCC(C(=O)O)c1ccccc1C1=NCCO1. The van der Waals surface area contributed by atoms with Gasteiger partial charge in [0.25, 0.3) is 0 Å². The summed E-state index contributed by atoms with van der Waals surface area (Å²) in [5.74, 6) is -1.14. The Balaban J connectivity index is 2.42. The lowest BCUT2D eigenvalue weighted by atomic mass is 9.94. The van der Waals surface area contributed by atoms with Gasteiger partial charge in [-0.05, 0) is 11.6 Å². The first-order valence-electron chi connectivity index (χ1n) is 5.43. The number of carbonyl (C=O) groups is 1. The molecule has 0 aliphatic carbocycles. The number of hydrogen-bond acceptors (Lipinski definition) is 4. The molecular formula is C12H14N2O3. The van der Waals surface area contributed by atoms with E-state index in [0.29, 0.717) is 24.6 Å². The highest BCUT2D eigenvalue weighted by atomic mass is 16.5. The Bertz CT molecular complexity index is 457. The third kappa shape index (κ3) is 2.29. The van der Waals surface area contributed by atoms with Crippen molar-refractivity contribution < 1.29 is 14.6 Å². The quantitative estimate of drug-likeness (QED) is 0.798. The molecule has 1 aliphatic rings. The molecule has 5 heteroatoms. The van der Waals surface area contributed by atoms with E-state index in [2.05, 4.69) is 4.99 Å². The van der Waals surface area contributed by atoms with Gasteiger partial charge in [-0.1, -0.05) is 18.2 Å². The molecule has 0 saturated heterocycles. The average Bonchev–Trinajstić information content (AvgIpc) is 2.83. The van der Waals surface area contributed by atoms with E-state index in [1.165, 1.54) is 0 Å². The number of carboxylic acid groups (broad SMARTS) is 1. The number of carboxylic acids is 1. The zero-order valence-corrected chi connectivity index (χ0v) is 9.30. The average molecular weight is 234 g/mol. The zero-order chi connectivity index (χ0) is 12.3. The largest absolute Gasteiger partial charge is 0.481 e. The molecular weight excluding hydrogens is 220 g/mol. The van der Waals surface area contributed by atoms with Crippen LogP contribution in [0.25, 0.3) is 0 Å². The number of benzene rings is 1. The van der Waals surface area contributed by atoms with Crippen LogP contribution in [0.5, 0.6) is 0 Å². The maximum absolute atomic E-state index is 11.1. The number of hydrogen-bond donors (Lipinski definition) is 2. The van der Waals surface area contributed by atoms with E-state index in [9.17, 15) is 4.79 Å². The Hall–Kier alpha value is -1.88. The van der Waals surface area contributed by atoms with Crippen LogP contribution < -0.4 is 5.73 Å². The van der Waals surface area contributed by atoms with Crippen molar-refractivity contribution in [1.82, 2.24) is 0 Å². The molecule has 1 aromatic rings. The molecule has 1 unspecified atom stereocenters. The summed E-state index contributed by atoms with van der Waals surface area (Å²) in [5, 5.41) is 9.13. The predicted octanol–water partition coefficient (Wildman–Crippen LogP) is 0.590. The summed E-state index contributed by atoms with van der Waals surface area (Å²) in [6.45, 7) is 1.22. The summed E-state index contributed by atoms with van der Waals surface area (Å²) in [5.41, 5.74) is 6.89. The predicted molar refractivity (Wildman–Crippen MR) is 63.2 cm³/mol. The van der Waals surface area contributed by atoms with Crippen LogP contribution >= 0.6 is 0 Å². The summed E-state index contributed by atoms with van der Waals surface area (Å²) in [4.78, 5) is 15.3. The minimum Gasteiger partial charge on any atom is -0.481 e. The lowest BCUT2D eigenvalue weighted by Gasteiger charge is -2.14. The molecule has 0 bridgehead atoms. The fourth-order valence-electron chi connectivity index (χ4n) is 1.85. The molecule has 5 nitrogen and oxygen atoms in total. The van der Waals surface area contributed by atoms with Gasteiger partial charge < -0.3 is 15.6 Å². The molecule has 1 heterocycles. The second-order valence-electron chi connectivity index (χ2n) is 3.75. The third-order valence-corrected chi connectivity index (χ3v) is 2.69. The van der Waals surface area contributed by atoms with Gasteiger partial charge in [-0.25, -0.2) is 4.99 Å². The molecule has 3 N–H and O–H groups in total.